The monoisotopic (exact) mass is 334 g/mol. The molecule has 0 spiro atoms. The minimum absolute atomic E-state index is 0.463. The van der Waals surface area contributed by atoms with Crippen LogP contribution < -0.4 is 10.6 Å². The second-order valence-electron chi connectivity index (χ2n) is 7.48. The predicted molar refractivity (Wildman–Crippen MR) is 99.0 cm³/mol. The first kappa shape index (κ1) is 18.7. The Balaban J connectivity index is 1.71. The molecule has 1 aromatic rings. The Kier molecular flexibility index (Phi) is 7.53. The van der Waals surface area contributed by atoms with Crippen LogP contribution in [0.15, 0.2) is 17.6 Å². The Morgan fingerprint density at radius 1 is 1.21 bits per heavy atom. The van der Waals surface area contributed by atoms with Gasteiger partial charge in [-0.25, -0.2) is 0 Å². The molecule has 6 heteroatoms. The van der Waals surface area contributed by atoms with Crippen molar-refractivity contribution in [2.45, 2.75) is 65.8 Å². The normalized spacial score (nSPS) is 16.9. The zero-order valence-corrected chi connectivity index (χ0v) is 15.6. The van der Waals surface area contributed by atoms with Gasteiger partial charge in [-0.05, 0) is 50.4 Å². The van der Waals surface area contributed by atoms with Crippen LogP contribution in [0.3, 0.4) is 0 Å². The maximum atomic E-state index is 4.88. The van der Waals surface area contributed by atoms with E-state index in [9.17, 15) is 0 Å². The van der Waals surface area contributed by atoms with Crippen molar-refractivity contribution in [2.75, 3.05) is 19.6 Å². The van der Waals surface area contributed by atoms with Gasteiger partial charge in [-0.15, -0.1) is 10.2 Å². The number of hydrogen-bond donors (Lipinski definition) is 2. The molecule has 2 rings (SSSR count). The number of hydrogen-bond acceptors (Lipinski definition) is 3. The van der Waals surface area contributed by atoms with E-state index in [1.54, 1.807) is 12.7 Å². The summed E-state index contributed by atoms with van der Waals surface area (Å²) in [6.45, 7) is 10.6. The molecule has 1 aliphatic rings. The van der Waals surface area contributed by atoms with E-state index >= 15 is 0 Å². The van der Waals surface area contributed by atoms with E-state index in [-0.39, 0.29) is 0 Å². The lowest BCUT2D eigenvalue weighted by Gasteiger charge is -2.42. The van der Waals surface area contributed by atoms with E-state index in [1.807, 2.05) is 4.57 Å². The number of nitrogens with zero attached hydrogens (tertiary/aromatic N) is 4. The third kappa shape index (κ3) is 6.13. The predicted octanol–water partition coefficient (Wildman–Crippen LogP) is 2.83. The van der Waals surface area contributed by atoms with Crippen LogP contribution in [0, 0.1) is 11.3 Å². The molecule has 1 aliphatic carbocycles. The standard InChI is InChI=1S/C18H34N6/c1-4-19-17(20-10-5-6-11-24-14-22-23-15-24)21-13-18(8-7-9-18)12-16(2)3/h14-16H,4-13H2,1-3H3,(H2,19,20,21). The summed E-state index contributed by atoms with van der Waals surface area (Å²) in [4.78, 5) is 4.88. The lowest BCUT2D eigenvalue weighted by atomic mass is 9.64. The summed E-state index contributed by atoms with van der Waals surface area (Å²) < 4.78 is 2.02. The molecule has 0 radical (unpaired) electrons. The lowest BCUT2D eigenvalue weighted by molar-refractivity contribution is 0.111. The van der Waals surface area contributed by atoms with Gasteiger partial charge >= 0.3 is 0 Å². The first-order chi connectivity index (χ1) is 11.6. The molecule has 0 bridgehead atoms. The first-order valence-corrected chi connectivity index (χ1v) is 9.48. The van der Waals surface area contributed by atoms with E-state index in [4.69, 9.17) is 4.99 Å². The van der Waals surface area contributed by atoms with Crippen LogP contribution >= 0.6 is 0 Å². The maximum Gasteiger partial charge on any atom is 0.191 e. The van der Waals surface area contributed by atoms with Crippen molar-refractivity contribution in [2.24, 2.45) is 16.3 Å². The van der Waals surface area contributed by atoms with Gasteiger partial charge < -0.3 is 15.2 Å². The molecule has 1 saturated carbocycles. The molecule has 0 unspecified atom stereocenters. The molecule has 136 valence electrons. The van der Waals surface area contributed by atoms with Gasteiger partial charge in [-0.2, -0.15) is 0 Å². The molecule has 6 nitrogen and oxygen atoms in total. The van der Waals surface area contributed by atoms with Crippen LogP contribution in [0.25, 0.3) is 0 Å². The average Bonchev–Trinajstić information content (AvgIpc) is 3.02. The maximum absolute atomic E-state index is 4.88. The van der Waals surface area contributed by atoms with Crippen molar-refractivity contribution < 1.29 is 0 Å². The number of aromatic nitrogens is 3. The zero-order chi connectivity index (χ0) is 17.3. The van der Waals surface area contributed by atoms with Crippen LogP contribution in [0.1, 0.15) is 59.3 Å². The minimum atomic E-state index is 0.463. The fourth-order valence-corrected chi connectivity index (χ4v) is 3.52. The Labute approximate surface area is 146 Å². The molecule has 1 heterocycles. The van der Waals surface area contributed by atoms with Crippen LogP contribution in [0.2, 0.25) is 0 Å². The van der Waals surface area contributed by atoms with E-state index in [0.29, 0.717) is 5.41 Å². The smallest absolute Gasteiger partial charge is 0.191 e. The molecule has 0 amide bonds. The van der Waals surface area contributed by atoms with Crippen molar-refractivity contribution in [1.82, 2.24) is 25.4 Å². The lowest BCUT2D eigenvalue weighted by Crippen LogP contribution is -2.40. The van der Waals surface area contributed by atoms with E-state index in [2.05, 4.69) is 41.6 Å². The number of nitrogens with one attached hydrogen (secondary N) is 2. The summed E-state index contributed by atoms with van der Waals surface area (Å²) in [7, 11) is 0. The quantitative estimate of drug-likeness (QED) is 0.392. The average molecular weight is 335 g/mol. The van der Waals surface area contributed by atoms with Crippen molar-refractivity contribution in [3.05, 3.63) is 12.7 Å². The second-order valence-corrected chi connectivity index (χ2v) is 7.48. The second kappa shape index (κ2) is 9.64. The third-order valence-electron chi connectivity index (χ3n) is 4.77. The molecule has 1 aromatic heterocycles. The number of aryl methyl sites for hydroxylation is 1. The van der Waals surface area contributed by atoms with Crippen LogP contribution in [0.5, 0.6) is 0 Å². The van der Waals surface area contributed by atoms with Crippen molar-refractivity contribution in [1.29, 1.82) is 0 Å². The van der Waals surface area contributed by atoms with Gasteiger partial charge in [0.1, 0.15) is 12.7 Å². The van der Waals surface area contributed by atoms with E-state index in [0.717, 1.165) is 50.9 Å². The SMILES string of the molecule is CCNC(=NCC1(CC(C)C)CCC1)NCCCCn1cnnc1. The summed E-state index contributed by atoms with van der Waals surface area (Å²) in [5.74, 6) is 1.73. The fraction of sp³-hybridized carbons (Fsp3) is 0.833. The van der Waals surface area contributed by atoms with Crippen molar-refractivity contribution in [3.8, 4) is 0 Å². The molecule has 0 atom stereocenters. The third-order valence-corrected chi connectivity index (χ3v) is 4.77. The first-order valence-electron chi connectivity index (χ1n) is 9.48. The Morgan fingerprint density at radius 3 is 2.54 bits per heavy atom. The number of guanidine groups is 1. The summed E-state index contributed by atoms with van der Waals surface area (Å²) in [6.07, 6.45) is 11.1. The highest BCUT2D eigenvalue weighted by Crippen LogP contribution is 2.46. The van der Waals surface area contributed by atoms with Gasteiger partial charge in [-0.3, -0.25) is 4.99 Å². The van der Waals surface area contributed by atoms with Gasteiger partial charge in [0.2, 0.25) is 0 Å². The molecular weight excluding hydrogens is 300 g/mol. The minimum Gasteiger partial charge on any atom is -0.357 e. The summed E-state index contributed by atoms with van der Waals surface area (Å²) >= 11 is 0. The molecular formula is C18H34N6. The van der Waals surface area contributed by atoms with Crippen molar-refractivity contribution >= 4 is 5.96 Å². The summed E-state index contributed by atoms with van der Waals surface area (Å²) in [5, 5.41) is 14.5. The highest BCUT2D eigenvalue weighted by atomic mass is 15.2. The number of aliphatic imine (C=N–C) groups is 1. The van der Waals surface area contributed by atoms with Crippen LogP contribution in [-0.2, 0) is 6.54 Å². The van der Waals surface area contributed by atoms with Gasteiger partial charge in [0.05, 0.1) is 0 Å². The van der Waals surface area contributed by atoms with E-state index < -0.39 is 0 Å². The molecule has 1 fully saturated rings. The highest BCUT2D eigenvalue weighted by molar-refractivity contribution is 5.79. The van der Waals surface area contributed by atoms with E-state index in [1.165, 1.54) is 25.7 Å². The molecule has 24 heavy (non-hydrogen) atoms. The zero-order valence-electron chi connectivity index (χ0n) is 15.6. The fourth-order valence-electron chi connectivity index (χ4n) is 3.52. The summed E-state index contributed by atoms with van der Waals surface area (Å²) in [5.41, 5.74) is 0.463. The number of rotatable bonds is 10. The Morgan fingerprint density at radius 2 is 1.96 bits per heavy atom. The molecule has 0 saturated heterocycles. The molecule has 0 aromatic carbocycles. The topological polar surface area (TPSA) is 67.1 Å². The largest absolute Gasteiger partial charge is 0.357 e. The molecule has 0 aliphatic heterocycles. The van der Waals surface area contributed by atoms with Crippen LogP contribution in [-0.4, -0.2) is 40.4 Å². The van der Waals surface area contributed by atoms with Gasteiger partial charge in [0.15, 0.2) is 5.96 Å². The number of unbranched alkanes of at least 4 members (excludes halogenated alkanes) is 1. The Hall–Kier alpha value is -1.59. The van der Waals surface area contributed by atoms with Gasteiger partial charge in [-0.1, -0.05) is 20.3 Å². The van der Waals surface area contributed by atoms with Gasteiger partial charge in [0, 0.05) is 26.2 Å². The summed E-state index contributed by atoms with van der Waals surface area (Å²) in [6, 6.07) is 0. The van der Waals surface area contributed by atoms with Gasteiger partial charge in [0.25, 0.3) is 0 Å². The molecule has 2 N–H and O–H groups in total. The van der Waals surface area contributed by atoms with Crippen molar-refractivity contribution in [3.63, 3.8) is 0 Å². The Bertz CT molecular complexity index is 476. The van der Waals surface area contributed by atoms with Crippen LogP contribution in [0.4, 0.5) is 0 Å². The highest BCUT2D eigenvalue weighted by Gasteiger charge is 2.37.